The minimum Gasteiger partial charge on any atom is -0.390 e. The van der Waals surface area contributed by atoms with Crippen LogP contribution in [-0.4, -0.2) is 69.4 Å². The van der Waals surface area contributed by atoms with Crippen molar-refractivity contribution in [3.8, 4) is 0 Å². The Labute approximate surface area is 191 Å². The van der Waals surface area contributed by atoms with Gasteiger partial charge in [-0.25, -0.2) is 4.98 Å². The number of piperazine rings is 1. The predicted molar refractivity (Wildman–Crippen MR) is 124 cm³/mol. The molecule has 0 spiro atoms. The topological polar surface area (TPSA) is 103 Å². The van der Waals surface area contributed by atoms with Gasteiger partial charge in [-0.15, -0.1) is 0 Å². The summed E-state index contributed by atoms with van der Waals surface area (Å²) in [5, 5.41) is 21.1. The third-order valence-corrected chi connectivity index (χ3v) is 8.36. The quantitative estimate of drug-likeness (QED) is 0.645. The Morgan fingerprint density at radius 1 is 1.22 bits per heavy atom. The summed E-state index contributed by atoms with van der Waals surface area (Å²) in [6.07, 6.45) is 4.91. The van der Waals surface area contributed by atoms with Crippen LogP contribution < -0.4 is 10.6 Å². The van der Waals surface area contributed by atoms with Crippen LogP contribution in [0.2, 0.25) is 0 Å². The van der Waals surface area contributed by atoms with E-state index >= 15 is 0 Å². The molecule has 1 saturated heterocycles. The van der Waals surface area contributed by atoms with Gasteiger partial charge in [-0.1, -0.05) is 6.07 Å². The molecule has 7 nitrogen and oxygen atoms in total. The summed E-state index contributed by atoms with van der Waals surface area (Å²) < 4.78 is 0. The van der Waals surface area contributed by atoms with Crippen molar-refractivity contribution in [2.24, 2.45) is 23.5 Å². The summed E-state index contributed by atoms with van der Waals surface area (Å²) >= 11 is 0. The molecule has 32 heavy (non-hydrogen) atoms. The number of β-amino-alcohol motifs (C(OH)–C–C–N with tert-alkyl or cyclic N) is 1. The summed E-state index contributed by atoms with van der Waals surface area (Å²) in [7, 11) is 0. The van der Waals surface area contributed by atoms with Gasteiger partial charge in [0.2, 0.25) is 0 Å². The second-order valence-corrected chi connectivity index (χ2v) is 11.8. The fourth-order valence-electron chi connectivity index (χ4n) is 7.64. The molecule has 5 fully saturated rings. The molecule has 4 saturated carbocycles. The largest absolute Gasteiger partial charge is 0.390 e. The van der Waals surface area contributed by atoms with Crippen LogP contribution in [0, 0.1) is 17.8 Å². The molecule has 1 aliphatic heterocycles. The van der Waals surface area contributed by atoms with Gasteiger partial charge >= 0.3 is 0 Å². The molecule has 1 aromatic heterocycles. The number of pyridine rings is 1. The van der Waals surface area contributed by atoms with Crippen molar-refractivity contribution in [2.45, 2.75) is 76.0 Å². The standard InChI is InChI=1S/C25H38N4O3/c1-15-13-28(14-24(2,3)31)6-7-29(15)20-5-4-19(22(27-20)23(26)30)21-17-8-16-9-18(21)12-25(32,10-16)11-17/h4-5,15-18,21,31-32H,6-14H2,1-3H3,(H2,26,30)/t15-,16?,17?,18?,21?,25?/m1/s1. The van der Waals surface area contributed by atoms with E-state index < -0.39 is 17.1 Å². The average Bonchev–Trinajstić information content (AvgIpc) is 2.65. The molecule has 4 aliphatic carbocycles. The number of amides is 1. The molecule has 1 aromatic rings. The van der Waals surface area contributed by atoms with Crippen molar-refractivity contribution in [1.29, 1.82) is 0 Å². The number of anilines is 1. The van der Waals surface area contributed by atoms with E-state index in [1.807, 2.05) is 13.8 Å². The molecule has 7 heteroatoms. The Morgan fingerprint density at radius 2 is 1.91 bits per heavy atom. The number of aliphatic hydroxyl groups is 2. The van der Waals surface area contributed by atoms with E-state index in [-0.39, 0.29) is 12.0 Å². The van der Waals surface area contributed by atoms with Gasteiger partial charge in [-0.2, -0.15) is 0 Å². The predicted octanol–water partition coefficient (Wildman–Crippen LogP) is 2.12. The maximum absolute atomic E-state index is 12.5. The third-order valence-electron chi connectivity index (χ3n) is 8.36. The fraction of sp³-hybridized carbons (Fsp3) is 0.760. The van der Waals surface area contributed by atoms with Gasteiger partial charge in [0.25, 0.3) is 5.91 Å². The van der Waals surface area contributed by atoms with E-state index in [0.29, 0.717) is 30.0 Å². The van der Waals surface area contributed by atoms with Gasteiger partial charge in [0.15, 0.2) is 0 Å². The summed E-state index contributed by atoms with van der Waals surface area (Å²) in [6.45, 7) is 8.96. The molecule has 3 atom stereocenters. The van der Waals surface area contributed by atoms with Gasteiger partial charge in [-0.05, 0) is 88.2 Å². The highest BCUT2D eigenvalue weighted by atomic mass is 16.3. The van der Waals surface area contributed by atoms with Crippen molar-refractivity contribution in [3.63, 3.8) is 0 Å². The average molecular weight is 443 g/mol. The number of carbonyl (C=O) groups is 1. The summed E-state index contributed by atoms with van der Waals surface area (Å²) in [6, 6.07) is 4.37. The lowest BCUT2D eigenvalue weighted by Gasteiger charge is -2.58. The van der Waals surface area contributed by atoms with Crippen molar-refractivity contribution in [2.75, 3.05) is 31.1 Å². The van der Waals surface area contributed by atoms with Crippen LogP contribution in [0.25, 0.3) is 0 Å². The molecule has 6 rings (SSSR count). The number of nitrogens with zero attached hydrogens (tertiary/aromatic N) is 3. The molecule has 2 unspecified atom stereocenters. The number of hydrogen-bond acceptors (Lipinski definition) is 6. The molecular formula is C25H38N4O3. The SMILES string of the molecule is C[C@@H]1CN(CC(C)(C)O)CCN1c1ccc(C2C3CC4CC2CC(O)(C4)C3)c(C(N)=O)n1. The highest BCUT2D eigenvalue weighted by Crippen LogP contribution is 2.61. The molecular weight excluding hydrogens is 404 g/mol. The molecule has 0 aromatic carbocycles. The van der Waals surface area contributed by atoms with Gasteiger partial charge in [0.05, 0.1) is 11.2 Å². The number of nitrogens with two attached hydrogens (primary N) is 1. The van der Waals surface area contributed by atoms with E-state index in [1.54, 1.807) is 0 Å². The lowest BCUT2D eigenvalue weighted by molar-refractivity contribution is -0.134. The van der Waals surface area contributed by atoms with Crippen LogP contribution in [0.15, 0.2) is 12.1 Å². The first kappa shape index (κ1) is 22.1. The molecule has 2 heterocycles. The van der Waals surface area contributed by atoms with Crippen LogP contribution in [0.1, 0.15) is 74.8 Å². The van der Waals surface area contributed by atoms with E-state index in [0.717, 1.165) is 63.1 Å². The van der Waals surface area contributed by atoms with Crippen LogP contribution in [0.3, 0.4) is 0 Å². The molecule has 4 bridgehead atoms. The molecule has 1 amide bonds. The van der Waals surface area contributed by atoms with E-state index in [2.05, 4.69) is 28.9 Å². The first-order valence-electron chi connectivity index (χ1n) is 12.3. The second kappa shape index (κ2) is 7.67. The first-order chi connectivity index (χ1) is 15.0. The molecule has 0 radical (unpaired) electrons. The zero-order valence-electron chi connectivity index (χ0n) is 19.6. The van der Waals surface area contributed by atoms with Gasteiger partial charge in [-0.3, -0.25) is 9.69 Å². The number of aromatic nitrogens is 1. The molecule has 176 valence electrons. The Bertz CT molecular complexity index is 882. The molecule has 4 N–H and O–H groups in total. The summed E-state index contributed by atoms with van der Waals surface area (Å²) in [5.74, 6) is 2.08. The van der Waals surface area contributed by atoms with Crippen molar-refractivity contribution in [3.05, 3.63) is 23.4 Å². The van der Waals surface area contributed by atoms with Gasteiger partial charge < -0.3 is 20.8 Å². The van der Waals surface area contributed by atoms with E-state index in [9.17, 15) is 15.0 Å². The Balaban J connectivity index is 1.38. The van der Waals surface area contributed by atoms with Crippen LogP contribution in [0.5, 0.6) is 0 Å². The number of carbonyl (C=O) groups excluding carboxylic acids is 1. The minimum absolute atomic E-state index is 0.223. The van der Waals surface area contributed by atoms with E-state index in [1.165, 1.54) is 0 Å². The number of primary amides is 1. The molecule has 5 aliphatic rings. The van der Waals surface area contributed by atoms with Crippen LogP contribution in [-0.2, 0) is 0 Å². The van der Waals surface area contributed by atoms with Crippen molar-refractivity contribution in [1.82, 2.24) is 9.88 Å². The highest BCUT2D eigenvalue weighted by molar-refractivity contribution is 5.93. The van der Waals surface area contributed by atoms with Crippen molar-refractivity contribution < 1.29 is 15.0 Å². The van der Waals surface area contributed by atoms with Gasteiger partial charge in [0, 0.05) is 32.2 Å². The van der Waals surface area contributed by atoms with E-state index in [4.69, 9.17) is 10.7 Å². The normalized spacial score (nSPS) is 37.2. The second-order valence-electron chi connectivity index (χ2n) is 11.8. The highest BCUT2D eigenvalue weighted by Gasteiger charge is 2.55. The van der Waals surface area contributed by atoms with Crippen LogP contribution >= 0.6 is 0 Å². The third kappa shape index (κ3) is 4.03. The Morgan fingerprint density at radius 3 is 2.47 bits per heavy atom. The summed E-state index contributed by atoms with van der Waals surface area (Å²) in [5.41, 5.74) is 6.05. The lowest BCUT2D eigenvalue weighted by Crippen LogP contribution is -2.55. The maximum atomic E-state index is 12.5. The van der Waals surface area contributed by atoms with Crippen LogP contribution in [0.4, 0.5) is 5.82 Å². The zero-order chi connectivity index (χ0) is 22.8. The fourth-order valence-corrected chi connectivity index (χ4v) is 7.64. The summed E-state index contributed by atoms with van der Waals surface area (Å²) in [4.78, 5) is 21.8. The number of hydrogen-bond donors (Lipinski definition) is 3. The minimum atomic E-state index is -0.716. The number of rotatable bonds is 5. The monoisotopic (exact) mass is 442 g/mol. The van der Waals surface area contributed by atoms with Crippen molar-refractivity contribution >= 4 is 11.7 Å². The smallest absolute Gasteiger partial charge is 0.267 e. The Kier molecular flexibility index (Phi) is 5.30. The first-order valence-corrected chi connectivity index (χ1v) is 12.3. The van der Waals surface area contributed by atoms with Gasteiger partial charge in [0.1, 0.15) is 11.5 Å². The maximum Gasteiger partial charge on any atom is 0.267 e. The lowest BCUT2D eigenvalue weighted by atomic mass is 9.49. The zero-order valence-corrected chi connectivity index (χ0v) is 19.6. The Hall–Kier alpha value is -1.70.